The molecule has 0 saturated heterocycles. The highest BCUT2D eigenvalue weighted by Crippen LogP contribution is 2.51. The highest BCUT2D eigenvalue weighted by atomic mass is 79.9. The van der Waals surface area contributed by atoms with Gasteiger partial charge in [-0.2, -0.15) is 0 Å². The van der Waals surface area contributed by atoms with Crippen LogP contribution >= 0.6 is 15.9 Å². The van der Waals surface area contributed by atoms with Crippen LogP contribution in [0.2, 0.25) is 0 Å². The second-order valence-corrected chi connectivity index (χ2v) is 5.15. The van der Waals surface area contributed by atoms with Gasteiger partial charge in [-0.15, -0.1) is 0 Å². The molecule has 2 nitrogen and oxygen atoms in total. The van der Waals surface area contributed by atoms with Crippen LogP contribution in [0.3, 0.4) is 0 Å². The average Bonchev–Trinajstić information content (AvgIpc) is 3.01. The summed E-state index contributed by atoms with van der Waals surface area (Å²) < 4.78 is 14.3. The number of carbonyl (C=O) groups is 1. The lowest BCUT2D eigenvalue weighted by atomic mass is 9.90. The minimum Gasteiger partial charge on any atom is -0.481 e. The molecule has 4 heteroatoms. The Morgan fingerprint density at radius 3 is 2.44 bits per heavy atom. The Hall–Kier alpha value is -0.900. The normalized spacial score (nSPS) is 17.2. The Labute approximate surface area is 102 Å². The van der Waals surface area contributed by atoms with Crippen LogP contribution in [0.25, 0.3) is 0 Å². The topological polar surface area (TPSA) is 37.3 Å². The zero-order chi connectivity index (χ0) is 12.1. The molecule has 0 atom stereocenters. The third-order valence-corrected chi connectivity index (χ3v) is 4.56. The van der Waals surface area contributed by atoms with Gasteiger partial charge < -0.3 is 5.11 Å². The summed E-state index contributed by atoms with van der Waals surface area (Å²) in [5, 5.41) is 9.19. The van der Waals surface area contributed by atoms with E-state index in [9.17, 15) is 14.3 Å². The monoisotopic (exact) mass is 286 g/mol. The van der Waals surface area contributed by atoms with E-state index in [0.29, 0.717) is 28.4 Å². The number of carboxylic acids is 1. The molecule has 0 aromatic heterocycles. The number of hydrogen-bond donors (Lipinski definition) is 1. The maximum Gasteiger partial charge on any atom is 0.314 e. The van der Waals surface area contributed by atoms with E-state index in [4.69, 9.17) is 0 Å². The fourth-order valence-corrected chi connectivity index (χ4v) is 2.47. The van der Waals surface area contributed by atoms with Crippen molar-refractivity contribution < 1.29 is 14.3 Å². The maximum atomic E-state index is 13.6. The van der Waals surface area contributed by atoms with Crippen molar-refractivity contribution in [2.45, 2.75) is 32.1 Å². The Kier molecular flexibility index (Phi) is 2.57. The van der Waals surface area contributed by atoms with E-state index in [2.05, 4.69) is 15.9 Å². The number of hydrogen-bond acceptors (Lipinski definition) is 1. The van der Waals surface area contributed by atoms with Gasteiger partial charge in [-0.25, -0.2) is 4.39 Å². The fraction of sp³-hybridized carbons (Fsp3) is 0.417. The highest BCUT2D eigenvalue weighted by Gasteiger charge is 2.52. The van der Waals surface area contributed by atoms with Crippen LogP contribution in [0.1, 0.15) is 29.5 Å². The Morgan fingerprint density at radius 1 is 1.44 bits per heavy atom. The molecule has 1 aliphatic rings. The molecule has 86 valence electrons. The second-order valence-electron chi connectivity index (χ2n) is 4.36. The number of carboxylic acid groups (broad SMARTS) is 1. The van der Waals surface area contributed by atoms with E-state index < -0.39 is 11.4 Å². The maximum absolute atomic E-state index is 13.6. The van der Waals surface area contributed by atoms with Crippen molar-refractivity contribution >= 4 is 21.9 Å². The van der Waals surface area contributed by atoms with Crippen molar-refractivity contribution in [1.29, 1.82) is 0 Å². The summed E-state index contributed by atoms with van der Waals surface area (Å²) in [5.41, 5.74) is 1.12. The van der Waals surface area contributed by atoms with Gasteiger partial charge in [0.05, 0.1) is 5.41 Å². The van der Waals surface area contributed by atoms with Crippen LogP contribution in [0.5, 0.6) is 0 Å². The van der Waals surface area contributed by atoms with Crippen molar-refractivity contribution in [1.82, 2.24) is 0 Å². The fourth-order valence-electron chi connectivity index (χ4n) is 2.07. The molecular formula is C12H12BrFO2. The number of benzene rings is 1. The highest BCUT2D eigenvalue weighted by molar-refractivity contribution is 9.10. The lowest BCUT2D eigenvalue weighted by Crippen LogP contribution is -2.21. The third-order valence-electron chi connectivity index (χ3n) is 3.37. The van der Waals surface area contributed by atoms with Gasteiger partial charge in [0.15, 0.2) is 0 Å². The average molecular weight is 287 g/mol. The van der Waals surface area contributed by atoms with Crippen LogP contribution in [0.4, 0.5) is 4.39 Å². The molecule has 0 bridgehead atoms. The van der Waals surface area contributed by atoms with Crippen molar-refractivity contribution in [3.8, 4) is 0 Å². The molecule has 0 radical (unpaired) electrons. The number of aliphatic carboxylic acids is 1. The summed E-state index contributed by atoms with van der Waals surface area (Å²) in [6.45, 7) is 3.51. The summed E-state index contributed by atoms with van der Waals surface area (Å²) in [6.07, 6.45) is 1.19. The van der Waals surface area contributed by atoms with Gasteiger partial charge in [-0.3, -0.25) is 4.79 Å². The Balaban J connectivity index is 2.63. The zero-order valence-corrected chi connectivity index (χ0v) is 10.7. The predicted octanol–water partition coefficient (Wildman–Crippen LogP) is 3.32. The van der Waals surface area contributed by atoms with Gasteiger partial charge in [0, 0.05) is 4.47 Å². The minimum atomic E-state index is -0.856. The molecule has 16 heavy (non-hydrogen) atoms. The Morgan fingerprint density at radius 2 is 2.00 bits per heavy atom. The summed E-state index contributed by atoms with van der Waals surface area (Å²) in [6, 6.07) is 1.37. The molecule has 1 aromatic rings. The summed E-state index contributed by atoms with van der Waals surface area (Å²) in [7, 11) is 0. The number of rotatable bonds is 2. The summed E-state index contributed by atoms with van der Waals surface area (Å²) in [5.74, 6) is -1.20. The van der Waals surface area contributed by atoms with Crippen LogP contribution in [0, 0.1) is 19.7 Å². The molecule has 2 rings (SSSR count). The van der Waals surface area contributed by atoms with E-state index in [1.807, 2.05) is 6.92 Å². The molecule has 1 saturated carbocycles. The van der Waals surface area contributed by atoms with Crippen molar-refractivity contribution in [2.75, 3.05) is 0 Å². The first-order valence-electron chi connectivity index (χ1n) is 5.09. The first kappa shape index (κ1) is 11.6. The van der Waals surface area contributed by atoms with Crippen molar-refractivity contribution in [3.05, 3.63) is 33.0 Å². The van der Waals surface area contributed by atoms with Crippen molar-refractivity contribution in [2.24, 2.45) is 0 Å². The quantitative estimate of drug-likeness (QED) is 0.906. The van der Waals surface area contributed by atoms with Crippen LogP contribution in [-0.4, -0.2) is 11.1 Å². The second kappa shape index (κ2) is 3.55. The van der Waals surface area contributed by atoms with Crippen LogP contribution in [0.15, 0.2) is 10.5 Å². The molecule has 0 unspecified atom stereocenters. The Bertz CT molecular complexity index is 478. The van der Waals surface area contributed by atoms with Gasteiger partial charge in [0.25, 0.3) is 0 Å². The van der Waals surface area contributed by atoms with E-state index in [1.54, 1.807) is 6.92 Å². The summed E-state index contributed by atoms with van der Waals surface area (Å²) in [4.78, 5) is 11.2. The zero-order valence-electron chi connectivity index (χ0n) is 9.10. The summed E-state index contributed by atoms with van der Waals surface area (Å²) >= 11 is 3.32. The van der Waals surface area contributed by atoms with Gasteiger partial charge in [0.1, 0.15) is 5.82 Å². The first-order chi connectivity index (χ1) is 7.40. The molecule has 0 amide bonds. The van der Waals surface area contributed by atoms with Gasteiger partial charge in [0.2, 0.25) is 0 Å². The lowest BCUT2D eigenvalue weighted by molar-refractivity contribution is -0.140. The van der Waals surface area contributed by atoms with E-state index >= 15 is 0 Å². The molecule has 1 aliphatic carbocycles. The first-order valence-corrected chi connectivity index (χ1v) is 5.88. The van der Waals surface area contributed by atoms with Crippen LogP contribution < -0.4 is 0 Å². The van der Waals surface area contributed by atoms with E-state index in [0.717, 1.165) is 5.56 Å². The molecule has 1 N–H and O–H groups in total. The van der Waals surface area contributed by atoms with E-state index in [1.165, 1.54) is 6.07 Å². The predicted molar refractivity (Wildman–Crippen MR) is 62.1 cm³/mol. The SMILES string of the molecule is Cc1c(F)cc(C2(C(=O)O)CC2)c(C)c1Br. The van der Waals surface area contributed by atoms with Crippen molar-refractivity contribution in [3.63, 3.8) is 0 Å². The standard InChI is InChI=1S/C12H12BrFO2/c1-6-8(12(3-4-12)11(15)16)5-9(14)7(2)10(6)13/h5H,3-4H2,1-2H3,(H,15,16). The molecule has 0 spiro atoms. The lowest BCUT2D eigenvalue weighted by Gasteiger charge is -2.16. The van der Waals surface area contributed by atoms with Gasteiger partial charge in [-0.1, -0.05) is 15.9 Å². The largest absolute Gasteiger partial charge is 0.481 e. The third kappa shape index (κ3) is 1.47. The van der Waals surface area contributed by atoms with Gasteiger partial charge >= 0.3 is 5.97 Å². The molecular weight excluding hydrogens is 275 g/mol. The van der Waals surface area contributed by atoms with Gasteiger partial charge in [-0.05, 0) is 49.4 Å². The molecule has 1 fully saturated rings. The minimum absolute atomic E-state index is 0.347. The number of halogens is 2. The smallest absolute Gasteiger partial charge is 0.314 e. The molecule has 0 heterocycles. The molecule has 0 aliphatic heterocycles. The molecule has 1 aromatic carbocycles. The van der Waals surface area contributed by atoms with Crippen LogP contribution in [-0.2, 0) is 10.2 Å². The van der Waals surface area contributed by atoms with E-state index in [-0.39, 0.29) is 5.82 Å².